The number of carboxylic acid groups (broad SMARTS) is 1. The van der Waals surface area contributed by atoms with Crippen LogP contribution in [-0.4, -0.2) is 24.5 Å². The van der Waals surface area contributed by atoms with Crippen LogP contribution in [-0.2, 0) is 10.0 Å². The normalized spacial score (nSPS) is 11.3. The van der Waals surface area contributed by atoms with E-state index in [1.54, 1.807) is 6.07 Å². The molecule has 2 rings (SSSR count). The van der Waals surface area contributed by atoms with Crippen LogP contribution in [0, 0.1) is 0 Å². The second-order valence-corrected chi connectivity index (χ2v) is 7.92. The van der Waals surface area contributed by atoms with Gasteiger partial charge in [-0.1, -0.05) is 11.6 Å². The maximum absolute atomic E-state index is 12.2. The minimum atomic E-state index is -3.98. The lowest BCUT2D eigenvalue weighted by Crippen LogP contribution is -2.14. The third-order valence-electron chi connectivity index (χ3n) is 2.15. The highest BCUT2D eigenvalue weighted by atomic mass is 79.9. The molecule has 0 amide bonds. The summed E-state index contributed by atoms with van der Waals surface area (Å²) in [5.41, 5.74) is 0. The van der Waals surface area contributed by atoms with Crippen LogP contribution < -0.4 is 4.72 Å². The molecule has 2 heterocycles. The van der Waals surface area contributed by atoms with E-state index in [-0.39, 0.29) is 24.4 Å². The maximum Gasteiger partial charge on any atom is 0.345 e. The number of aromatic carboxylic acids is 1. The molecule has 106 valence electrons. The smallest absolute Gasteiger partial charge is 0.345 e. The lowest BCUT2D eigenvalue weighted by Gasteiger charge is -2.07. The van der Waals surface area contributed by atoms with Crippen molar-refractivity contribution in [1.82, 2.24) is 4.98 Å². The van der Waals surface area contributed by atoms with Crippen LogP contribution in [0.4, 0.5) is 5.82 Å². The van der Waals surface area contributed by atoms with Gasteiger partial charge in [0.15, 0.2) is 5.82 Å². The van der Waals surface area contributed by atoms with Crippen LogP contribution in [0.15, 0.2) is 33.1 Å². The van der Waals surface area contributed by atoms with Gasteiger partial charge in [-0.25, -0.2) is 18.2 Å². The maximum atomic E-state index is 12.2. The van der Waals surface area contributed by atoms with Gasteiger partial charge in [0, 0.05) is 6.20 Å². The zero-order chi connectivity index (χ0) is 14.9. The highest BCUT2D eigenvalue weighted by Crippen LogP contribution is 2.33. The van der Waals surface area contributed by atoms with Crippen molar-refractivity contribution in [1.29, 1.82) is 0 Å². The van der Waals surface area contributed by atoms with E-state index >= 15 is 0 Å². The Kier molecular flexibility index (Phi) is 4.33. The average Bonchev–Trinajstić information content (AvgIpc) is 2.75. The van der Waals surface area contributed by atoms with Crippen LogP contribution in [0.2, 0.25) is 5.02 Å². The van der Waals surface area contributed by atoms with Crippen LogP contribution in [0.1, 0.15) is 9.67 Å². The molecule has 20 heavy (non-hydrogen) atoms. The van der Waals surface area contributed by atoms with Crippen LogP contribution in [0.5, 0.6) is 0 Å². The van der Waals surface area contributed by atoms with E-state index in [0.717, 1.165) is 17.4 Å². The lowest BCUT2D eigenvalue weighted by atomic mass is 10.5. The molecule has 0 spiro atoms. The van der Waals surface area contributed by atoms with E-state index in [9.17, 15) is 13.2 Å². The Morgan fingerprint density at radius 1 is 1.50 bits per heavy atom. The molecular formula is C10H6BrClN2O4S2. The third kappa shape index (κ3) is 3.11. The highest BCUT2D eigenvalue weighted by molar-refractivity contribution is 9.11. The Hall–Kier alpha value is -1.16. The number of hydrogen-bond acceptors (Lipinski definition) is 5. The van der Waals surface area contributed by atoms with Gasteiger partial charge in [0.1, 0.15) is 9.77 Å². The molecule has 0 fully saturated rings. The van der Waals surface area contributed by atoms with Gasteiger partial charge in [0.25, 0.3) is 10.0 Å². The first-order valence-corrected chi connectivity index (χ1v) is 8.44. The third-order valence-corrected chi connectivity index (χ3v) is 6.03. The van der Waals surface area contributed by atoms with E-state index in [2.05, 4.69) is 25.6 Å². The van der Waals surface area contributed by atoms with Gasteiger partial charge in [-0.3, -0.25) is 4.72 Å². The molecule has 2 aromatic rings. The zero-order valence-electron chi connectivity index (χ0n) is 9.50. The van der Waals surface area contributed by atoms with Gasteiger partial charge in [0.05, 0.1) is 8.81 Å². The molecule has 2 N–H and O–H groups in total. The van der Waals surface area contributed by atoms with Gasteiger partial charge in [0.2, 0.25) is 0 Å². The number of nitrogens with zero attached hydrogens (tertiary/aromatic N) is 1. The van der Waals surface area contributed by atoms with Crippen molar-refractivity contribution in [3.8, 4) is 0 Å². The lowest BCUT2D eigenvalue weighted by molar-refractivity contribution is 0.0702. The molecule has 0 aliphatic heterocycles. The first kappa shape index (κ1) is 15.2. The SMILES string of the molecule is O=C(O)c1cc(S(=O)(=O)Nc2ncccc2Cl)c(Br)s1. The molecule has 0 unspecified atom stereocenters. The standard InChI is InChI=1S/C10H6BrClN2O4S2/c11-8-7(4-6(19-8)10(15)16)20(17,18)14-9-5(12)2-1-3-13-9/h1-4H,(H,13,14)(H,15,16). The first-order chi connectivity index (χ1) is 9.31. The molecule has 6 nitrogen and oxygen atoms in total. The monoisotopic (exact) mass is 396 g/mol. The number of pyridine rings is 1. The summed E-state index contributed by atoms with van der Waals surface area (Å²) >= 11 is 9.66. The Labute approximate surface area is 131 Å². The van der Waals surface area contributed by atoms with Crippen LogP contribution >= 0.6 is 38.9 Å². The number of thiophene rings is 1. The second kappa shape index (κ2) is 5.68. The summed E-state index contributed by atoms with van der Waals surface area (Å²) < 4.78 is 26.8. The van der Waals surface area contributed by atoms with Gasteiger partial charge >= 0.3 is 5.97 Å². The molecule has 0 saturated heterocycles. The first-order valence-electron chi connectivity index (χ1n) is 4.97. The van der Waals surface area contributed by atoms with Crippen molar-refractivity contribution < 1.29 is 18.3 Å². The number of carbonyl (C=O) groups is 1. The van der Waals surface area contributed by atoms with Crippen molar-refractivity contribution in [2.45, 2.75) is 4.90 Å². The summed E-state index contributed by atoms with van der Waals surface area (Å²) in [6.07, 6.45) is 1.38. The summed E-state index contributed by atoms with van der Waals surface area (Å²) in [4.78, 5) is 14.4. The minimum absolute atomic E-state index is 0.0239. The quantitative estimate of drug-likeness (QED) is 0.826. The summed E-state index contributed by atoms with van der Waals surface area (Å²) in [6, 6.07) is 4.11. The van der Waals surface area contributed by atoms with Crippen LogP contribution in [0.25, 0.3) is 0 Å². The Balaban J connectivity index is 2.41. The van der Waals surface area contributed by atoms with E-state index in [0.29, 0.717) is 0 Å². The Bertz CT molecular complexity index is 775. The van der Waals surface area contributed by atoms with E-state index in [1.165, 1.54) is 12.3 Å². The molecule has 2 aromatic heterocycles. The second-order valence-electron chi connectivity index (χ2n) is 3.49. The summed E-state index contributed by atoms with van der Waals surface area (Å²) in [6.45, 7) is 0. The molecule has 0 saturated carbocycles. The number of hydrogen-bond donors (Lipinski definition) is 2. The van der Waals surface area contributed by atoms with Gasteiger partial charge < -0.3 is 5.11 Å². The number of halogens is 2. The van der Waals surface area contributed by atoms with Gasteiger partial charge in [-0.2, -0.15) is 0 Å². The highest BCUT2D eigenvalue weighted by Gasteiger charge is 2.24. The molecule has 0 aromatic carbocycles. The minimum Gasteiger partial charge on any atom is -0.477 e. The zero-order valence-corrected chi connectivity index (χ0v) is 13.5. The van der Waals surface area contributed by atoms with Crippen molar-refractivity contribution in [3.05, 3.63) is 38.1 Å². The number of aromatic nitrogens is 1. The molecule has 0 aliphatic rings. The summed E-state index contributed by atoms with van der Waals surface area (Å²) in [5, 5.41) is 9.00. The van der Waals surface area contributed by atoms with E-state index in [1.807, 2.05) is 0 Å². The van der Waals surface area contributed by atoms with Crippen molar-refractivity contribution >= 4 is 60.7 Å². The van der Waals surface area contributed by atoms with E-state index in [4.69, 9.17) is 16.7 Å². The topological polar surface area (TPSA) is 96.4 Å². The van der Waals surface area contributed by atoms with Gasteiger partial charge in [-0.15, -0.1) is 11.3 Å². The Morgan fingerprint density at radius 2 is 2.20 bits per heavy atom. The van der Waals surface area contributed by atoms with Gasteiger partial charge in [-0.05, 0) is 34.1 Å². The fourth-order valence-electron chi connectivity index (χ4n) is 1.28. The number of nitrogens with one attached hydrogen (secondary N) is 1. The average molecular weight is 398 g/mol. The predicted octanol–water partition coefficient (Wildman–Crippen LogP) is 3.06. The number of rotatable bonds is 4. The van der Waals surface area contributed by atoms with Crippen molar-refractivity contribution in [2.24, 2.45) is 0 Å². The van der Waals surface area contributed by atoms with Crippen molar-refractivity contribution in [2.75, 3.05) is 4.72 Å². The van der Waals surface area contributed by atoms with Crippen molar-refractivity contribution in [3.63, 3.8) is 0 Å². The fourth-order valence-corrected chi connectivity index (χ4v) is 4.94. The molecule has 0 radical (unpaired) electrons. The largest absolute Gasteiger partial charge is 0.477 e. The number of carboxylic acids is 1. The molecular weight excluding hydrogens is 392 g/mol. The summed E-state index contributed by atoms with van der Waals surface area (Å²) in [5.74, 6) is -1.22. The molecule has 10 heteroatoms. The molecule has 0 bridgehead atoms. The summed E-state index contributed by atoms with van der Waals surface area (Å²) in [7, 11) is -3.98. The number of sulfonamides is 1. The predicted molar refractivity (Wildman–Crippen MR) is 79.0 cm³/mol. The fraction of sp³-hybridized carbons (Fsp3) is 0. The Morgan fingerprint density at radius 3 is 2.75 bits per heavy atom. The number of anilines is 1. The van der Waals surface area contributed by atoms with E-state index < -0.39 is 16.0 Å². The van der Waals surface area contributed by atoms with Crippen LogP contribution in [0.3, 0.4) is 0 Å². The molecule has 0 atom stereocenters. The molecule has 0 aliphatic carbocycles.